The fourth-order valence-corrected chi connectivity index (χ4v) is 2.06. The molecule has 8 heteroatoms. The monoisotopic (exact) mass is 276 g/mol. The predicted molar refractivity (Wildman–Crippen MR) is 57.9 cm³/mol. The third-order valence-corrected chi connectivity index (χ3v) is 2.73. The van der Waals surface area contributed by atoms with Crippen molar-refractivity contribution in [1.29, 1.82) is 5.26 Å². The lowest BCUT2D eigenvalue weighted by atomic mass is 10.0. The zero-order valence-electron chi connectivity index (χ0n) is 8.78. The molecule has 0 fully saturated rings. The summed E-state index contributed by atoms with van der Waals surface area (Å²) in [7, 11) is 0. The maximum Gasteiger partial charge on any atom is 0.446 e. The summed E-state index contributed by atoms with van der Waals surface area (Å²) in [5, 5.41) is 17.6. The first-order valence-electron chi connectivity index (χ1n) is 4.54. The fraction of sp³-hybridized carbons (Fsp3) is 0.200. The molecular formula is C10H7F3N2O2S. The summed E-state index contributed by atoms with van der Waals surface area (Å²) in [5.41, 5.74) is -0.0744. The summed E-state index contributed by atoms with van der Waals surface area (Å²) in [4.78, 5) is 10.4. The maximum absolute atomic E-state index is 12.3. The summed E-state index contributed by atoms with van der Waals surface area (Å²) in [5.74, 6) is -1.58. The van der Waals surface area contributed by atoms with Crippen LogP contribution in [0.5, 0.6) is 0 Å². The van der Waals surface area contributed by atoms with Crippen LogP contribution in [0.1, 0.15) is 21.5 Å². The Kier molecular flexibility index (Phi) is 4.21. The van der Waals surface area contributed by atoms with Crippen LogP contribution in [0.4, 0.5) is 13.2 Å². The van der Waals surface area contributed by atoms with Crippen LogP contribution in [-0.4, -0.2) is 16.6 Å². The van der Waals surface area contributed by atoms with E-state index in [1.165, 1.54) is 6.07 Å². The van der Waals surface area contributed by atoms with E-state index in [1.807, 2.05) is 0 Å². The zero-order valence-corrected chi connectivity index (χ0v) is 9.60. The van der Waals surface area contributed by atoms with Crippen LogP contribution >= 0.6 is 11.8 Å². The first-order valence-corrected chi connectivity index (χ1v) is 5.36. The van der Waals surface area contributed by atoms with E-state index in [4.69, 9.17) is 16.1 Å². The minimum absolute atomic E-state index is 0.0833. The number of halogens is 3. The van der Waals surface area contributed by atoms with Crippen molar-refractivity contribution >= 4 is 17.7 Å². The van der Waals surface area contributed by atoms with Gasteiger partial charge in [-0.1, -0.05) is 0 Å². The molecule has 1 rings (SSSR count). The number of thioether (sulfide) groups is 1. The highest BCUT2D eigenvalue weighted by Crippen LogP contribution is 2.39. The van der Waals surface area contributed by atoms with Crippen molar-refractivity contribution < 1.29 is 23.1 Å². The Labute approximate surface area is 104 Å². The van der Waals surface area contributed by atoms with E-state index in [-0.39, 0.29) is 17.7 Å². The molecule has 0 heterocycles. The van der Waals surface area contributed by atoms with E-state index in [0.717, 1.165) is 6.07 Å². The summed E-state index contributed by atoms with van der Waals surface area (Å²) >= 11 is -0.573. The fourth-order valence-electron chi connectivity index (χ4n) is 1.30. The van der Waals surface area contributed by atoms with Crippen molar-refractivity contribution in [2.45, 2.75) is 16.9 Å². The number of nitrogens with zero attached hydrogens (tertiary/aromatic N) is 1. The van der Waals surface area contributed by atoms with Gasteiger partial charge < -0.3 is 10.8 Å². The average Bonchev–Trinajstić information content (AvgIpc) is 2.25. The molecule has 0 unspecified atom stereocenters. The van der Waals surface area contributed by atoms with Gasteiger partial charge in [0.2, 0.25) is 0 Å². The smallest absolute Gasteiger partial charge is 0.446 e. The third kappa shape index (κ3) is 3.38. The van der Waals surface area contributed by atoms with Crippen molar-refractivity contribution in [3.8, 4) is 6.07 Å². The van der Waals surface area contributed by atoms with Gasteiger partial charge in [-0.2, -0.15) is 18.4 Å². The zero-order chi connectivity index (χ0) is 13.9. The molecule has 3 N–H and O–H groups in total. The molecule has 1 aromatic carbocycles. The van der Waals surface area contributed by atoms with Crippen LogP contribution in [-0.2, 0) is 6.54 Å². The van der Waals surface area contributed by atoms with Crippen LogP contribution in [0.2, 0.25) is 0 Å². The number of benzene rings is 1. The predicted octanol–water partition coefficient (Wildman–Crippen LogP) is 2.33. The lowest BCUT2D eigenvalue weighted by Gasteiger charge is -2.11. The Balaban J connectivity index is 3.45. The molecule has 0 atom stereocenters. The number of nitrogens with two attached hydrogens (primary N) is 1. The van der Waals surface area contributed by atoms with Gasteiger partial charge in [-0.05, 0) is 29.5 Å². The molecule has 96 valence electrons. The second kappa shape index (κ2) is 5.29. The van der Waals surface area contributed by atoms with Gasteiger partial charge in [0.15, 0.2) is 0 Å². The number of carboxylic acids is 1. The molecule has 4 nitrogen and oxygen atoms in total. The summed E-state index contributed by atoms with van der Waals surface area (Å²) in [6.45, 7) is -0.0833. The van der Waals surface area contributed by atoms with Crippen molar-refractivity contribution in [3.63, 3.8) is 0 Å². The standard InChI is InChI=1S/C10H7F3N2O2S/c11-10(12,13)18-7-2-5(3-14)1-6(4-15)8(7)9(16)17/h1-2H,3,14H2,(H,16,17). The Morgan fingerprint density at radius 3 is 2.50 bits per heavy atom. The lowest BCUT2D eigenvalue weighted by molar-refractivity contribution is -0.0328. The second-order valence-electron chi connectivity index (χ2n) is 3.19. The molecular weight excluding hydrogens is 269 g/mol. The van der Waals surface area contributed by atoms with E-state index in [2.05, 4.69) is 0 Å². The highest BCUT2D eigenvalue weighted by molar-refractivity contribution is 8.00. The number of aromatic carboxylic acids is 1. The summed E-state index contributed by atoms with van der Waals surface area (Å²) < 4.78 is 36.9. The molecule has 0 saturated carbocycles. The molecule has 0 radical (unpaired) electrons. The van der Waals surface area contributed by atoms with Gasteiger partial charge in [-0.3, -0.25) is 0 Å². The molecule has 0 spiro atoms. The highest BCUT2D eigenvalue weighted by atomic mass is 32.2. The van der Waals surface area contributed by atoms with Gasteiger partial charge in [-0.15, -0.1) is 0 Å². The van der Waals surface area contributed by atoms with Gasteiger partial charge in [0.1, 0.15) is 6.07 Å². The van der Waals surface area contributed by atoms with Crippen molar-refractivity contribution in [3.05, 3.63) is 28.8 Å². The minimum Gasteiger partial charge on any atom is -0.478 e. The normalized spacial score (nSPS) is 11.1. The molecule has 0 amide bonds. The van der Waals surface area contributed by atoms with Gasteiger partial charge in [0.25, 0.3) is 0 Å². The lowest BCUT2D eigenvalue weighted by Crippen LogP contribution is -2.09. The summed E-state index contributed by atoms with van der Waals surface area (Å²) in [6, 6.07) is 3.76. The Morgan fingerprint density at radius 2 is 2.11 bits per heavy atom. The molecule has 0 aliphatic carbocycles. The number of alkyl halides is 3. The number of rotatable bonds is 3. The molecule has 1 aromatic rings. The molecule has 0 saturated heterocycles. The Morgan fingerprint density at radius 1 is 1.50 bits per heavy atom. The van der Waals surface area contributed by atoms with Crippen molar-refractivity contribution in [1.82, 2.24) is 0 Å². The maximum atomic E-state index is 12.3. The van der Waals surface area contributed by atoms with Crippen LogP contribution in [0.15, 0.2) is 17.0 Å². The topological polar surface area (TPSA) is 87.1 Å². The SMILES string of the molecule is N#Cc1cc(CN)cc(SC(F)(F)F)c1C(=O)O. The number of hydrogen-bond acceptors (Lipinski definition) is 4. The molecule has 0 bridgehead atoms. The van der Waals surface area contributed by atoms with E-state index in [1.54, 1.807) is 6.07 Å². The first-order chi connectivity index (χ1) is 8.28. The molecule has 0 aliphatic rings. The summed E-state index contributed by atoms with van der Waals surface area (Å²) in [6.07, 6.45) is 0. The molecule has 0 aromatic heterocycles. The Hall–Kier alpha value is -1.72. The number of carboxylic acid groups (broad SMARTS) is 1. The number of carbonyl (C=O) groups is 1. The van der Waals surface area contributed by atoms with E-state index < -0.39 is 33.7 Å². The van der Waals surface area contributed by atoms with E-state index in [9.17, 15) is 18.0 Å². The third-order valence-electron chi connectivity index (χ3n) is 1.96. The highest BCUT2D eigenvalue weighted by Gasteiger charge is 2.32. The van der Waals surface area contributed by atoms with Gasteiger partial charge >= 0.3 is 11.5 Å². The van der Waals surface area contributed by atoms with Crippen LogP contribution in [0.25, 0.3) is 0 Å². The van der Waals surface area contributed by atoms with Crippen LogP contribution in [0.3, 0.4) is 0 Å². The average molecular weight is 276 g/mol. The Bertz CT molecular complexity index is 523. The van der Waals surface area contributed by atoms with Crippen LogP contribution < -0.4 is 5.73 Å². The first kappa shape index (κ1) is 14.3. The largest absolute Gasteiger partial charge is 0.478 e. The van der Waals surface area contributed by atoms with Crippen molar-refractivity contribution in [2.75, 3.05) is 0 Å². The van der Waals surface area contributed by atoms with E-state index in [0.29, 0.717) is 0 Å². The van der Waals surface area contributed by atoms with Crippen molar-refractivity contribution in [2.24, 2.45) is 5.73 Å². The molecule has 0 aliphatic heterocycles. The quantitative estimate of drug-likeness (QED) is 0.827. The van der Waals surface area contributed by atoms with E-state index >= 15 is 0 Å². The van der Waals surface area contributed by atoms with Gasteiger partial charge in [0.05, 0.1) is 11.1 Å². The molecule has 18 heavy (non-hydrogen) atoms. The number of nitriles is 1. The van der Waals surface area contributed by atoms with Gasteiger partial charge in [0, 0.05) is 11.4 Å². The van der Waals surface area contributed by atoms with Crippen LogP contribution in [0, 0.1) is 11.3 Å². The second-order valence-corrected chi connectivity index (χ2v) is 4.29. The minimum atomic E-state index is -4.63. The van der Waals surface area contributed by atoms with Gasteiger partial charge in [-0.25, -0.2) is 4.79 Å². The number of hydrogen-bond donors (Lipinski definition) is 2.